The van der Waals surface area contributed by atoms with Crippen LogP contribution in [-0.2, 0) is 61.2 Å². The molecule has 25 heteroatoms. The third-order valence-electron chi connectivity index (χ3n) is 19.9. The minimum absolute atomic E-state index is 0.0328. The van der Waals surface area contributed by atoms with Crippen molar-refractivity contribution >= 4 is 25.7 Å². The molecule has 24 nitrogen and oxygen atoms in total. The van der Waals surface area contributed by atoms with Crippen molar-refractivity contribution in [1.29, 1.82) is 0 Å². The van der Waals surface area contributed by atoms with Gasteiger partial charge in [-0.2, -0.15) is 0 Å². The van der Waals surface area contributed by atoms with Crippen molar-refractivity contribution in [1.82, 2.24) is 0 Å². The molecule has 0 radical (unpaired) electrons. The minimum Gasteiger partial charge on any atom is -0.463 e. The largest absolute Gasteiger partial charge is 0.472 e. The molecular formula is C75H141O24P. The van der Waals surface area contributed by atoms with Crippen molar-refractivity contribution in [3.63, 3.8) is 0 Å². The molecule has 3 aliphatic rings. The Morgan fingerprint density at radius 3 is 0.980 bits per heavy atom. The van der Waals surface area contributed by atoms with Gasteiger partial charge in [0.1, 0.15) is 98.7 Å². The van der Waals surface area contributed by atoms with Gasteiger partial charge in [0.2, 0.25) is 0 Å². The molecule has 18 unspecified atom stereocenters. The third-order valence-corrected chi connectivity index (χ3v) is 20.9. The van der Waals surface area contributed by atoms with Crippen LogP contribution in [0.4, 0.5) is 0 Å². The van der Waals surface area contributed by atoms with Crippen LogP contribution in [0, 0.1) is 0 Å². The summed E-state index contributed by atoms with van der Waals surface area (Å²) in [6.45, 7) is 3.50. The van der Waals surface area contributed by atoms with Crippen LogP contribution in [0.1, 0.15) is 329 Å². The Bertz CT molecular complexity index is 2060. The van der Waals surface area contributed by atoms with Gasteiger partial charge in [-0.3, -0.25) is 23.4 Å². The lowest BCUT2D eigenvalue weighted by Crippen LogP contribution is -2.69. The van der Waals surface area contributed by atoms with E-state index in [0.717, 1.165) is 89.9 Å². The molecule has 0 aromatic carbocycles. The van der Waals surface area contributed by atoms with Gasteiger partial charge in [-0.1, -0.05) is 290 Å². The minimum atomic E-state index is -5.69. The van der Waals surface area contributed by atoms with Gasteiger partial charge in [0, 0.05) is 19.3 Å². The van der Waals surface area contributed by atoms with Gasteiger partial charge in [0.15, 0.2) is 18.7 Å². The number of aliphatic hydroxyl groups excluding tert-OH is 10. The van der Waals surface area contributed by atoms with E-state index in [0.29, 0.717) is 19.3 Å². The maximum atomic E-state index is 14.4. The molecule has 100 heavy (non-hydrogen) atoms. The number of hydrogen-bond donors (Lipinski definition) is 11. The molecule has 3 rings (SSSR count). The summed E-state index contributed by atoms with van der Waals surface area (Å²) >= 11 is 0. The zero-order valence-corrected chi connectivity index (χ0v) is 62.7. The SMILES string of the molecule is CCCCCCCCCCCCCCCCCC(=O)OCC(COP(=O)(O)OC1C(OC2OC(CO)C(O)C(O)C2O)C(O)C(O)C(O)C1OC1OC(COC(=O)CCCCCCCCCCCCCCCCC)C(O)C(O)C1O)OC(=O)CCCCCCCCCCCCCCCCC. The van der Waals surface area contributed by atoms with E-state index in [9.17, 15) is 74.9 Å². The second-order valence-corrected chi connectivity index (χ2v) is 30.2. The highest BCUT2D eigenvalue weighted by atomic mass is 31.2. The molecule has 1 aliphatic carbocycles. The van der Waals surface area contributed by atoms with E-state index in [4.69, 9.17) is 42.2 Å². The van der Waals surface area contributed by atoms with Gasteiger partial charge in [-0.25, -0.2) is 4.57 Å². The summed E-state index contributed by atoms with van der Waals surface area (Å²) in [6, 6.07) is 0. The van der Waals surface area contributed by atoms with Gasteiger partial charge in [0.25, 0.3) is 0 Å². The summed E-state index contributed by atoms with van der Waals surface area (Å²) in [5.74, 6) is -1.97. The first-order valence-corrected chi connectivity index (χ1v) is 41.3. The van der Waals surface area contributed by atoms with Crippen LogP contribution in [0.25, 0.3) is 0 Å². The van der Waals surface area contributed by atoms with Crippen LogP contribution < -0.4 is 0 Å². The summed E-state index contributed by atoms with van der Waals surface area (Å²) in [6.07, 6.45) is 15.7. The van der Waals surface area contributed by atoms with Gasteiger partial charge in [-0.05, 0) is 19.3 Å². The molecule has 2 saturated heterocycles. The number of esters is 3. The average molecular weight is 1460 g/mol. The van der Waals surface area contributed by atoms with Gasteiger partial charge in [0.05, 0.1) is 13.2 Å². The molecule has 11 N–H and O–H groups in total. The van der Waals surface area contributed by atoms with Crippen molar-refractivity contribution in [2.45, 2.75) is 433 Å². The summed E-state index contributed by atoms with van der Waals surface area (Å²) in [5.41, 5.74) is 0. The van der Waals surface area contributed by atoms with Gasteiger partial charge >= 0.3 is 25.7 Å². The van der Waals surface area contributed by atoms with Crippen molar-refractivity contribution in [3.05, 3.63) is 0 Å². The Hall–Kier alpha value is -2.04. The monoisotopic (exact) mass is 1460 g/mol. The Balaban J connectivity index is 1.71. The molecule has 2 heterocycles. The molecule has 1 saturated carbocycles. The molecule has 0 bridgehead atoms. The highest BCUT2D eigenvalue weighted by molar-refractivity contribution is 7.47. The van der Waals surface area contributed by atoms with Crippen LogP contribution in [0.3, 0.4) is 0 Å². The van der Waals surface area contributed by atoms with E-state index < -0.39 is 156 Å². The highest BCUT2D eigenvalue weighted by Crippen LogP contribution is 2.49. The second kappa shape index (κ2) is 57.2. The van der Waals surface area contributed by atoms with Crippen molar-refractivity contribution in [3.8, 4) is 0 Å². The molecule has 590 valence electrons. The number of aliphatic hydroxyl groups is 10. The molecular weight excluding hydrogens is 1320 g/mol. The third kappa shape index (κ3) is 39.5. The predicted octanol–water partition coefficient (Wildman–Crippen LogP) is 11.7. The second-order valence-electron chi connectivity index (χ2n) is 28.8. The first-order chi connectivity index (χ1) is 48.3. The first-order valence-electron chi connectivity index (χ1n) is 39.8. The fraction of sp³-hybridized carbons (Fsp3) is 0.960. The molecule has 3 fully saturated rings. The standard InChI is InChI=1S/C75H141O24P/c1-4-7-10-13-16-19-22-25-28-31-34-37-40-43-46-49-59(77)91-53-56(94-61(79)51-48-45-42-39-36-33-30-27-24-21-18-15-12-9-6-3)54-93-100(89,90)99-73-71(97-74-69(87)64(82)62(80)57(52-76)95-74)67(85)66(84)68(86)72(73)98-75-70(88)65(83)63(81)58(96-75)55-92-60(78)50-47-44-41-38-35-32-29-26-23-20-17-14-11-8-5-2/h56-58,62-76,80-88H,4-55H2,1-3H3,(H,89,90). The fourth-order valence-corrected chi connectivity index (χ4v) is 14.4. The Morgan fingerprint density at radius 2 is 0.640 bits per heavy atom. The Morgan fingerprint density at radius 1 is 0.350 bits per heavy atom. The van der Waals surface area contributed by atoms with Gasteiger partial charge in [-0.15, -0.1) is 0 Å². The molecule has 0 spiro atoms. The molecule has 0 aromatic rings. The van der Waals surface area contributed by atoms with E-state index in [1.165, 1.54) is 180 Å². The number of rotatable bonds is 63. The lowest BCUT2D eigenvalue weighted by Gasteiger charge is -2.49. The zero-order chi connectivity index (χ0) is 73.2. The number of hydrogen-bond acceptors (Lipinski definition) is 23. The normalized spacial score (nSPS) is 27.3. The van der Waals surface area contributed by atoms with Crippen molar-refractivity contribution in [2.75, 3.05) is 26.4 Å². The number of phosphoric acid groups is 1. The predicted molar refractivity (Wildman–Crippen MR) is 379 cm³/mol. The fourth-order valence-electron chi connectivity index (χ4n) is 13.4. The maximum Gasteiger partial charge on any atom is 0.472 e. The van der Waals surface area contributed by atoms with E-state index >= 15 is 0 Å². The van der Waals surface area contributed by atoms with Crippen LogP contribution in [0.5, 0.6) is 0 Å². The maximum absolute atomic E-state index is 14.4. The van der Waals surface area contributed by atoms with Crippen LogP contribution >= 0.6 is 7.82 Å². The zero-order valence-electron chi connectivity index (χ0n) is 61.8. The molecule has 0 amide bonds. The van der Waals surface area contributed by atoms with Crippen LogP contribution in [0.15, 0.2) is 0 Å². The van der Waals surface area contributed by atoms with Crippen molar-refractivity contribution in [2.24, 2.45) is 0 Å². The number of carbonyl (C=O) groups excluding carboxylic acids is 3. The van der Waals surface area contributed by atoms with E-state index in [2.05, 4.69) is 20.8 Å². The topological polar surface area (TPSA) is 374 Å². The summed E-state index contributed by atoms with van der Waals surface area (Å²) in [4.78, 5) is 51.1. The Labute approximate surface area is 600 Å². The van der Waals surface area contributed by atoms with Gasteiger partial charge < -0.3 is 89.1 Å². The number of phosphoric ester groups is 1. The van der Waals surface area contributed by atoms with Crippen LogP contribution in [0.2, 0.25) is 0 Å². The van der Waals surface area contributed by atoms with E-state index in [-0.39, 0.29) is 19.3 Å². The molecule has 0 aromatic heterocycles. The molecule has 2 aliphatic heterocycles. The smallest absolute Gasteiger partial charge is 0.463 e. The quantitative estimate of drug-likeness (QED) is 0.0117. The first kappa shape index (κ1) is 92.2. The Kier molecular flexibility index (Phi) is 52.7. The number of unbranched alkanes of at least 4 members (excludes halogenated alkanes) is 42. The number of ether oxygens (including phenoxy) is 7. The van der Waals surface area contributed by atoms with E-state index in [1.807, 2.05) is 0 Å². The summed E-state index contributed by atoms with van der Waals surface area (Å²) < 4.78 is 65.2. The van der Waals surface area contributed by atoms with E-state index in [1.54, 1.807) is 0 Å². The summed E-state index contributed by atoms with van der Waals surface area (Å²) in [7, 11) is -5.69. The lowest BCUT2D eigenvalue weighted by atomic mass is 9.84. The highest BCUT2D eigenvalue weighted by Gasteiger charge is 2.58. The van der Waals surface area contributed by atoms with Crippen LogP contribution in [-0.4, -0.2) is 204 Å². The average Bonchev–Trinajstić information content (AvgIpc) is 0.762. The lowest BCUT2D eigenvalue weighted by molar-refractivity contribution is -0.360. The molecule has 18 atom stereocenters. The summed E-state index contributed by atoms with van der Waals surface area (Å²) in [5, 5.41) is 110. The van der Waals surface area contributed by atoms with Crippen molar-refractivity contribution < 1.29 is 117 Å². The number of carbonyl (C=O) groups is 3.